The van der Waals surface area contributed by atoms with E-state index in [0.717, 1.165) is 36.9 Å². The summed E-state index contributed by atoms with van der Waals surface area (Å²) < 4.78 is 51.0. The second kappa shape index (κ2) is 9.77. The molecular weight excluding hydrogens is 374 g/mol. The first-order valence-electron chi connectivity index (χ1n) is 8.63. The molecule has 2 rings (SSSR count). The van der Waals surface area contributed by atoms with Crippen LogP contribution in [0, 0.1) is 0 Å². The number of hydrogen-bond acceptors (Lipinski definition) is 4. The topological polar surface area (TPSA) is 81.4 Å². The number of alkyl halides is 2. The first kappa shape index (κ1) is 21.3. The fourth-order valence-electron chi connectivity index (χ4n) is 2.63. The maximum absolute atomic E-state index is 12.1. The van der Waals surface area contributed by atoms with Gasteiger partial charge in [0.25, 0.3) is 0 Å². The molecule has 8 heteroatoms. The highest BCUT2D eigenvalue weighted by Gasteiger charge is 2.08. The second-order valence-electron chi connectivity index (χ2n) is 6.36. The fraction of sp³-hybridized carbons (Fsp3) is 0.368. The number of ether oxygens (including phenoxy) is 1. The lowest BCUT2D eigenvalue weighted by Crippen LogP contribution is -2.28. The number of aryl methyl sites for hydroxylation is 1. The number of nitrogens with two attached hydrogens (primary N) is 1. The summed E-state index contributed by atoms with van der Waals surface area (Å²) in [6.45, 7) is 0.0334. The van der Waals surface area contributed by atoms with Gasteiger partial charge < -0.3 is 10.1 Å². The molecule has 0 saturated heterocycles. The number of hydrogen-bond donors (Lipinski definition) is 2. The Labute approximate surface area is 158 Å². The maximum atomic E-state index is 12.1. The summed E-state index contributed by atoms with van der Waals surface area (Å²) in [5.74, 6) is 0.161. The summed E-state index contributed by atoms with van der Waals surface area (Å²) in [6, 6.07) is 13.5. The van der Waals surface area contributed by atoms with E-state index < -0.39 is 16.6 Å². The number of sulfonamides is 1. The van der Waals surface area contributed by atoms with Gasteiger partial charge >= 0.3 is 6.61 Å². The quantitative estimate of drug-likeness (QED) is 0.644. The van der Waals surface area contributed by atoms with E-state index in [1.54, 1.807) is 36.4 Å². The van der Waals surface area contributed by atoms with Gasteiger partial charge in [0.05, 0.1) is 4.90 Å². The molecule has 2 aromatic rings. The second-order valence-corrected chi connectivity index (χ2v) is 7.92. The van der Waals surface area contributed by atoms with E-state index in [1.807, 2.05) is 0 Å². The van der Waals surface area contributed by atoms with Crippen LogP contribution in [0.4, 0.5) is 8.78 Å². The smallest absolute Gasteiger partial charge is 0.387 e. The fourth-order valence-corrected chi connectivity index (χ4v) is 3.15. The summed E-state index contributed by atoms with van der Waals surface area (Å²) in [5, 5.41) is 8.49. The van der Waals surface area contributed by atoms with Crippen LogP contribution in [0.2, 0.25) is 0 Å². The minimum Gasteiger partial charge on any atom is -0.435 e. The lowest BCUT2D eigenvalue weighted by atomic mass is 10.1. The van der Waals surface area contributed by atoms with Gasteiger partial charge in [0, 0.05) is 6.04 Å². The van der Waals surface area contributed by atoms with Crippen molar-refractivity contribution < 1.29 is 21.9 Å². The van der Waals surface area contributed by atoms with Crippen molar-refractivity contribution in [2.75, 3.05) is 6.54 Å². The van der Waals surface area contributed by atoms with E-state index in [-0.39, 0.29) is 16.7 Å². The van der Waals surface area contributed by atoms with E-state index in [0.29, 0.717) is 0 Å². The SMILES string of the molecule is CC(CCc1ccc(OC(F)F)cc1)NCCc1ccc(S(N)(=O)=O)cc1. The Hall–Kier alpha value is -2.03. The molecule has 27 heavy (non-hydrogen) atoms. The Balaban J connectivity index is 1.71. The van der Waals surface area contributed by atoms with E-state index in [1.165, 1.54) is 12.1 Å². The monoisotopic (exact) mass is 398 g/mol. The molecule has 0 aromatic heterocycles. The molecule has 0 heterocycles. The average molecular weight is 398 g/mol. The van der Waals surface area contributed by atoms with Crippen LogP contribution in [-0.2, 0) is 22.9 Å². The Bertz CT molecular complexity index is 810. The number of primary sulfonamides is 1. The third-order valence-corrected chi connectivity index (χ3v) is 5.10. The zero-order valence-corrected chi connectivity index (χ0v) is 15.9. The molecule has 0 aliphatic rings. The van der Waals surface area contributed by atoms with E-state index >= 15 is 0 Å². The first-order chi connectivity index (χ1) is 12.7. The first-order valence-corrected chi connectivity index (χ1v) is 10.2. The van der Waals surface area contributed by atoms with Crippen LogP contribution in [0.25, 0.3) is 0 Å². The van der Waals surface area contributed by atoms with Crippen LogP contribution < -0.4 is 15.2 Å². The molecule has 0 spiro atoms. The molecule has 1 atom stereocenters. The predicted molar refractivity (Wildman–Crippen MR) is 100 cm³/mol. The van der Waals surface area contributed by atoms with Gasteiger partial charge in [-0.2, -0.15) is 8.78 Å². The van der Waals surface area contributed by atoms with Crippen molar-refractivity contribution in [3.05, 3.63) is 59.7 Å². The largest absolute Gasteiger partial charge is 0.435 e. The molecule has 2 aromatic carbocycles. The molecule has 0 aliphatic heterocycles. The van der Waals surface area contributed by atoms with E-state index in [9.17, 15) is 17.2 Å². The van der Waals surface area contributed by atoms with Crippen LogP contribution in [-0.4, -0.2) is 27.6 Å². The van der Waals surface area contributed by atoms with Gasteiger partial charge in [-0.25, -0.2) is 13.6 Å². The number of benzene rings is 2. The van der Waals surface area contributed by atoms with E-state index in [4.69, 9.17) is 5.14 Å². The predicted octanol–water partition coefficient (Wildman–Crippen LogP) is 3.09. The minimum absolute atomic E-state index is 0.109. The molecule has 0 amide bonds. The summed E-state index contributed by atoms with van der Waals surface area (Å²) in [7, 11) is -3.66. The molecule has 0 radical (unpaired) electrons. The van der Waals surface area contributed by atoms with Gasteiger partial charge in [0.2, 0.25) is 10.0 Å². The van der Waals surface area contributed by atoms with E-state index in [2.05, 4.69) is 17.0 Å². The molecule has 0 fully saturated rings. The molecule has 0 saturated carbocycles. The third kappa shape index (κ3) is 7.62. The number of nitrogens with one attached hydrogen (secondary N) is 1. The Morgan fingerprint density at radius 1 is 1.00 bits per heavy atom. The van der Waals surface area contributed by atoms with Crippen LogP contribution in [0.5, 0.6) is 5.75 Å². The number of rotatable bonds is 10. The lowest BCUT2D eigenvalue weighted by Gasteiger charge is -2.14. The highest BCUT2D eigenvalue weighted by molar-refractivity contribution is 7.89. The summed E-state index contributed by atoms with van der Waals surface area (Å²) in [4.78, 5) is 0.109. The van der Waals surface area contributed by atoms with Crippen LogP contribution in [0.1, 0.15) is 24.5 Å². The molecule has 0 aliphatic carbocycles. The molecule has 0 bridgehead atoms. The zero-order valence-electron chi connectivity index (χ0n) is 15.1. The third-order valence-electron chi connectivity index (χ3n) is 4.17. The molecular formula is C19H24F2N2O3S. The lowest BCUT2D eigenvalue weighted by molar-refractivity contribution is -0.0498. The van der Waals surface area contributed by atoms with Crippen LogP contribution in [0.15, 0.2) is 53.4 Å². The summed E-state index contributed by atoms with van der Waals surface area (Å²) in [6.07, 6.45) is 2.50. The molecule has 1 unspecified atom stereocenters. The Kier molecular flexibility index (Phi) is 7.70. The zero-order chi connectivity index (χ0) is 19.9. The average Bonchev–Trinajstić information content (AvgIpc) is 2.60. The highest BCUT2D eigenvalue weighted by atomic mass is 32.2. The van der Waals surface area contributed by atoms with Gasteiger partial charge in [0.1, 0.15) is 5.75 Å². The minimum atomic E-state index is -3.66. The molecule has 3 N–H and O–H groups in total. The normalized spacial score (nSPS) is 12.9. The van der Waals surface area contributed by atoms with Crippen molar-refractivity contribution in [2.24, 2.45) is 5.14 Å². The van der Waals surface area contributed by atoms with Crippen molar-refractivity contribution in [3.63, 3.8) is 0 Å². The van der Waals surface area contributed by atoms with Gasteiger partial charge in [0.15, 0.2) is 0 Å². The van der Waals surface area contributed by atoms with Gasteiger partial charge in [-0.05, 0) is 68.1 Å². The van der Waals surface area contributed by atoms with Gasteiger partial charge in [-0.3, -0.25) is 0 Å². The summed E-state index contributed by atoms with van der Waals surface area (Å²) in [5.41, 5.74) is 2.08. The maximum Gasteiger partial charge on any atom is 0.387 e. The summed E-state index contributed by atoms with van der Waals surface area (Å²) >= 11 is 0. The van der Waals surface area contributed by atoms with Crippen LogP contribution in [0.3, 0.4) is 0 Å². The standard InChI is InChI=1S/C19H24F2N2O3S/c1-14(2-3-15-4-8-17(9-5-15)26-19(20)21)23-13-12-16-6-10-18(11-7-16)27(22,24)25/h4-11,14,19,23H,2-3,12-13H2,1H3,(H2,22,24,25). The van der Waals surface area contributed by atoms with Crippen molar-refractivity contribution in [1.29, 1.82) is 0 Å². The molecule has 5 nitrogen and oxygen atoms in total. The highest BCUT2D eigenvalue weighted by Crippen LogP contribution is 2.16. The number of halogens is 2. The Morgan fingerprint density at radius 3 is 2.11 bits per heavy atom. The molecule has 148 valence electrons. The Morgan fingerprint density at radius 2 is 1.56 bits per heavy atom. The van der Waals surface area contributed by atoms with Crippen molar-refractivity contribution in [3.8, 4) is 5.75 Å². The van der Waals surface area contributed by atoms with Gasteiger partial charge in [-0.1, -0.05) is 24.3 Å². The van der Waals surface area contributed by atoms with Crippen molar-refractivity contribution in [1.82, 2.24) is 5.32 Å². The van der Waals surface area contributed by atoms with Crippen LogP contribution >= 0.6 is 0 Å². The van der Waals surface area contributed by atoms with Crippen molar-refractivity contribution >= 4 is 10.0 Å². The van der Waals surface area contributed by atoms with Gasteiger partial charge in [-0.15, -0.1) is 0 Å². The van der Waals surface area contributed by atoms with Crippen molar-refractivity contribution in [2.45, 2.75) is 43.7 Å².